The average molecular weight is 268 g/mol. The van der Waals surface area contributed by atoms with Gasteiger partial charge in [-0.3, -0.25) is 0 Å². The largest absolute Gasteiger partial charge is 0.499 e. The molecule has 1 aromatic heterocycles. The summed E-state index contributed by atoms with van der Waals surface area (Å²) in [7, 11) is 1.72. The molecule has 0 atom stereocenters. The lowest BCUT2D eigenvalue weighted by molar-refractivity contribution is 0.346. The van der Waals surface area contributed by atoms with E-state index in [0.717, 1.165) is 36.1 Å². The molecule has 2 nitrogen and oxygen atoms in total. The summed E-state index contributed by atoms with van der Waals surface area (Å²) in [6.07, 6.45) is 2.90. The fourth-order valence-corrected chi connectivity index (χ4v) is 2.32. The second kappa shape index (κ2) is 4.35. The Morgan fingerprint density at radius 2 is 2.20 bits per heavy atom. The van der Waals surface area contributed by atoms with E-state index in [2.05, 4.69) is 40.0 Å². The van der Waals surface area contributed by atoms with Crippen molar-refractivity contribution in [2.24, 2.45) is 0 Å². The number of halogens is 1. The van der Waals surface area contributed by atoms with E-state index in [9.17, 15) is 0 Å². The zero-order valence-electron chi connectivity index (χ0n) is 9.01. The fraction of sp³-hybridized carbons (Fsp3) is 0.417. The van der Waals surface area contributed by atoms with Crippen LogP contribution in [0.15, 0.2) is 12.1 Å². The Kier molecular flexibility index (Phi) is 3.10. The molecular weight excluding hydrogens is 254 g/mol. The molecule has 2 rings (SSSR count). The van der Waals surface area contributed by atoms with Crippen molar-refractivity contribution in [3.63, 3.8) is 0 Å². The summed E-state index contributed by atoms with van der Waals surface area (Å²) in [6.45, 7) is 2.11. The average Bonchev–Trinajstić information content (AvgIpc) is 2.29. The van der Waals surface area contributed by atoms with Gasteiger partial charge in [0.25, 0.3) is 0 Å². The van der Waals surface area contributed by atoms with Crippen LogP contribution in [0, 0.1) is 0 Å². The summed E-state index contributed by atoms with van der Waals surface area (Å²) in [5.74, 6) is 1.00. The molecule has 3 heteroatoms. The number of aryl methyl sites for hydroxylation is 1. The van der Waals surface area contributed by atoms with Gasteiger partial charge in [-0.05, 0) is 18.9 Å². The van der Waals surface area contributed by atoms with E-state index in [4.69, 9.17) is 4.74 Å². The summed E-state index contributed by atoms with van der Waals surface area (Å²) >= 11 is 3.60. The van der Waals surface area contributed by atoms with Crippen molar-refractivity contribution in [3.8, 4) is 0 Å². The smallest absolute Gasteiger partial charge is 0.122 e. The standard InChI is InChI=1S/C12H14BrNO/c1-3-8-4-5-9-10(13)6-7-11(15-2)12(9)14-8/h4-5H,3,6-7H2,1-2H3. The number of hydrogen-bond donors (Lipinski definition) is 0. The maximum absolute atomic E-state index is 5.39. The molecule has 0 saturated carbocycles. The SMILES string of the molecule is CCc1ccc2c(n1)=C(OC)CCC=2Br. The Balaban J connectivity index is 2.79. The fourth-order valence-electron chi connectivity index (χ4n) is 1.80. The number of methoxy groups -OCH3 is 1. The van der Waals surface area contributed by atoms with Crippen LogP contribution >= 0.6 is 15.9 Å². The second-order valence-corrected chi connectivity index (χ2v) is 4.54. The number of fused-ring (bicyclic) bond motifs is 1. The monoisotopic (exact) mass is 267 g/mol. The summed E-state index contributed by atoms with van der Waals surface area (Å²) in [5.41, 5.74) is 1.12. The molecule has 0 saturated heterocycles. The Morgan fingerprint density at radius 3 is 2.87 bits per heavy atom. The Bertz CT molecular complexity index is 493. The number of ether oxygens (including phenoxy) is 1. The maximum Gasteiger partial charge on any atom is 0.122 e. The summed E-state index contributed by atoms with van der Waals surface area (Å²) < 4.78 is 6.62. The third-order valence-electron chi connectivity index (χ3n) is 2.69. The Morgan fingerprint density at radius 1 is 1.40 bits per heavy atom. The summed E-state index contributed by atoms with van der Waals surface area (Å²) in [4.78, 5) is 4.62. The predicted octanol–water partition coefficient (Wildman–Crippen LogP) is 1.70. The molecule has 0 unspecified atom stereocenters. The lowest BCUT2D eigenvalue weighted by Crippen LogP contribution is -2.35. The van der Waals surface area contributed by atoms with E-state index < -0.39 is 0 Å². The highest BCUT2D eigenvalue weighted by Gasteiger charge is 2.10. The molecule has 0 aromatic carbocycles. The van der Waals surface area contributed by atoms with Crippen LogP contribution < -0.4 is 10.6 Å². The van der Waals surface area contributed by atoms with Gasteiger partial charge >= 0.3 is 0 Å². The molecule has 0 fully saturated rings. The van der Waals surface area contributed by atoms with E-state index in [0.29, 0.717) is 0 Å². The third kappa shape index (κ3) is 1.93. The van der Waals surface area contributed by atoms with E-state index in [1.165, 1.54) is 9.70 Å². The molecule has 0 bridgehead atoms. The van der Waals surface area contributed by atoms with E-state index in [1.807, 2.05) is 0 Å². The number of aromatic nitrogens is 1. The zero-order valence-corrected chi connectivity index (χ0v) is 10.6. The van der Waals surface area contributed by atoms with Crippen LogP contribution in [0.25, 0.3) is 10.2 Å². The number of pyridine rings is 1. The number of hydrogen-bond acceptors (Lipinski definition) is 2. The summed E-state index contributed by atoms with van der Waals surface area (Å²) in [5, 5.41) is 2.19. The van der Waals surface area contributed by atoms with Crippen LogP contribution in [-0.2, 0) is 11.2 Å². The van der Waals surface area contributed by atoms with Gasteiger partial charge in [-0.2, -0.15) is 0 Å². The minimum Gasteiger partial charge on any atom is -0.499 e. The molecule has 80 valence electrons. The normalized spacial score (nSPS) is 15.1. The molecule has 1 aromatic rings. The summed E-state index contributed by atoms with van der Waals surface area (Å²) in [6, 6.07) is 4.21. The highest BCUT2D eigenvalue weighted by Crippen LogP contribution is 2.19. The van der Waals surface area contributed by atoms with Crippen molar-refractivity contribution in [3.05, 3.63) is 28.4 Å². The highest BCUT2D eigenvalue weighted by atomic mass is 79.9. The molecule has 0 aliphatic heterocycles. The molecule has 15 heavy (non-hydrogen) atoms. The first kappa shape index (κ1) is 10.7. The second-order valence-electron chi connectivity index (χ2n) is 3.58. The van der Waals surface area contributed by atoms with Crippen LogP contribution in [-0.4, -0.2) is 12.1 Å². The molecule has 1 heterocycles. The topological polar surface area (TPSA) is 22.1 Å². The van der Waals surface area contributed by atoms with Crippen molar-refractivity contribution in [1.29, 1.82) is 0 Å². The van der Waals surface area contributed by atoms with Gasteiger partial charge in [0.2, 0.25) is 0 Å². The quantitative estimate of drug-likeness (QED) is 0.814. The first-order valence-corrected chi connectivity index (χ1v) is 5.97. The number of rotatable bonds is 2. The van der Waals surface area contributed by atoms with Crippen LogP contribution in [0.2, 0.25) is 0 Å². The third-order valence-corrected chi connectivity index (χ3v) is 3.51. The first-order chi connectivity index (χ1) is 7.26. The molecule has 0 amide bonds. The maximum atomic E-state index is 5.39. The molecular formula is C12H14BrNO. The van der Waals surface area contributed by atoms with Gasteiger partial charge in [-0.15, -0.1) is 0 Å². The predicted molar refractivity (Wildman–Crippen MR) is 64.9 cm³/mol. The lowest BCUT2D eigenvalue weighted by Gasteiger charge is -2.12. The molecule has 1 aliphatic carbocycles. The van der Waals surface area contributed by atoms with Gasteiger partial charge in [0.05, 0.1) is 7.11 Å². The molecule has 1 aliphatic rings. The van der Waals surface area contributed by atoms with Crippen LogP contribution in [0.5, 0.6) is 0 Å². The highest BCUT2D eigenvalue weighted by molar-refractivity contribution is 9.14. The van der Waals surface area contributed by atoms with Crippen molar-refractivity contribution in [2.45, 2.75) is 26.2 Å². The van der Waals surface area contributed by atoms with Gasteiger partial charge in [-0.1, -0.05) is 28.9 Å². The van der Waals surface area contributed by atoms with E-state index >= 15 is 0 Å². The minimum absolute atomic E-state index is 0.935. The zero-order chi connectivity index (χ0) is 10.8. The van der Waals surface area contributed by atoms with Crippen LogP contribution in [0.4, 0.5) is 0 Å². The molecule has 0 spiro atoms. The van der Waals surface area contributed by atoms with Gasteiger partial charge in [-0.25, -0.2) is 4.98 Å². The van der Waals surface area contributed by atoms with E-state index in [1.54, 1.807) is 7.11 Å². The van der Waals surface area contributed by atoms with Gasteiger partial charge in [0.1, 0.15) is 11.1 Å². The Hall–Kier alpha value is -0.830. The van der Waals surface area contributed by atoms with Crippen molar-refractivity contribution in [1.82, 2.24) is 4.98 Å². The van der Waals surface area contributed by atoms with Gasteiger partial charge in [0, 0.05) is 21.8 Å². The number of nitrogens with zero attached hydrogens (tertiary/aromatic N) is 1. The molecule has 0 N–H and O–H groups in total. The van der Waals surface area contributed by atoms with Crippen LogP contribution in [0.3, 0.4) is 0 Å². The van der Waals surface area contributed by atoms with Crippen molar-refractivity contribution >= 4 is 26.2 Å². The molecule has 0 radical (unpaired) electrons. The Labute approximate surface area is 97.8 Å². The van der Waals surface area contributed by atoms with Crippen LogP contribution in [0.1, 0.15) is 25.5 Å². The van der Waals surface area contributed by atoms with Crippen molar-refractivity contribution < 1.29 is 4.74 Å². The van der Waals surface area contributed by atoms with Gasteiger partial charge in [0.15, 0.2) is 0 Å². The lowest BCUT2D eigenvalue weighted by atomic mass is 10.1. The van der Waals surface area contributed by atoms with E-state index in [-0.39, 0.29) is 0 Å². The minimum atomic E-state index is 0.935. The van der Waals surface area contributed by atoms with Gasteiger partial charge < -0.3 is 4.74 Å². The van der Waals surface area contributed by atoms with Crippen molar-refractivity contribution in [2.75, 3.05) is 7.11 Å². The first-order valence-electron chi connectivity index (χ1n) is 5.18.